The van der Waals surface area contributed by atoms with Gasteiger partial charge in [0.2, 0.25) is 0 Å². The third kappa shape index (κ3) is 4.47. The normalized spacial score (nSPS) is 27.6. The summed E-state index contributed by atoms with van der Waals surface area (Å²) in [6.07, 6.45) is 7.27. The molecule has 26 heavy (non-hydrogen) atoms. The van der Waals surface area contributed by atoms with E-state index in [9.17, 15) is 0 Å². The Bertz CT molecular complexity index is 599. The van der Waals surface area contributed by atoms with Gasteiger partial charge in [0, 0.05) is 31.8 Å². The minimum atomic E-state index is -0.104. The van der Waals surface area contributed by atoms with Gasteiger partial charge in [0.15, 0.2) is 0 Å². The van der Waals surface area contributed by atoms with Gasteiger partial charge in [0.1, 0.15) is 0 Å². The molecule has 0 amide bonds. The Morgan fingerprint density at radius 3 is 2.92 bits per heavy atom. The smallest absolute Gasteiger partial charge is 0.0862 e. The lowest BCUT2D eigenvalue weighted by atomic mass is 9.88. The molecule has 4 nitrogen and oxygen atoms in total. The predicted octanol–water partition coefficient (Wildman–Crippen LogP) is 4.71. The Kier molecular flexibility index (Phi) is 6.36. The van der Waals surface area contributed by atoms with Gasteiger partial charge in [-0.15, -0.1) is 0 Å². The topological polar surface area (TPSA) is 34.6 Å². The van der Waals surface area contributed by atoms with E-state index >= 15 is 0 Å². The first-order valence-electron chi connectivity index (χ1n) is 10.2. The van der Waals surface area contributed by atoms with Crippen LogP contribution in [0.3, 0.4) is 0 Å². The van der Waals surface area contributed by atoms with Crippen LogP contribution in [0.1, 0.15) is 64.5 Å². The SMILES string of the molecule is C=C1CCOCCC1OC1(CC)CCCN(c2ccc(C(C)C)nc2)C1. The standard InChI is InChI=1S/C22H34N2O2/c1-5-22(26-21-10-14-25-13-9-18(21)4)11-6-12-24(16-22)19-7-8-20(17(2)3)23-15-19/h7-8,15,17,21H,4-6,9-14,16H2,1-3H3. The summed E-state index contributed by atoms with van der Waals surface area (Å²) >= 11 is 0. The number of nitrogens with zero attached hydrogens (tertiary/aromatic N) is 2. The molecular formula is C22H34N2O2. The molecule has 2 aliphatic rings. The van der Waals surface area contributed by atoms with E-state index in [1.807, 2.05) is 6.20 Å². The number of aromatic nitrogens is 1. The van der Waals surface area contributed by atoms with E-state index in [1.54, 1.807) is 0 Å². The molecular weight excluding hydrogens is 324 g/mol. The molecule has 0 aliphatic carbocycles. The van der Waals surface area contributed by atoms with E-state index in [0.29, 0.717) is 5.92 Å². The summed E-state index contributed by atoms with van der Waals surface area (Å²) in [5.74, 6) is 0.465. The van der Waals surface area contributed by atoms with Gasteiger partial charge in [-0.25, -0.2) is 0 Å². The van der Waals surface area contributed by atoms with E-state index in [2.05, 4.69) is 49.4 Å². The maximum Gasteiger partial charge on any atom is 0.0862 e. The zero-order valence-corrected chi connectivity index (χ0v) is 16.7. The lowest BCUT2D eigenvalue weighted by molar-refractivity contribution is -0.0931. The Labute approximate surface area is 158 Å². The first-order chi connectivity index (χ1) is 12.5. The fourth-order valence-electron chi connectivity index (χ4n) is 4.02. The van der Waals surface area contributed by atoms with Gasteiger partial charge in [-0.05, 0) is 49.3 Å². The van der Waals surface area contributed by atoms with E-state index < -0.39 is 0 Å². The van der Waals surface area contributed by atoms with Crippen molar-refractivity contribution in [2.75, 3.05) is 31.2 Å². The zero-order chi connectivity index (χ0) is 18.6. The van der Waals surface area contributed by atoms with E-state index in [1.165, 1.54) is 11.3 Å². The molecule has 2 aliphatic heterocycles. The number of pyridine rings is 1. The van der Waals surface area contributed by atoms with Crippen molar-refractivity contribution < 1.29 is 9.47 Å². The molecule has 2 unspecified atom stereocenters. The Morgan fingerprint density at radius 2 is 2.23 bits per heavy atom. The highest BCUT2D eigenvalue weighted by atomic mass is 16.5. The molecule has 1 aromatic rings. The van der Waals surface area contributed by atoms with Gasteiger partial charge < -0.3 is 14.4 Å². The quantitative estimate of drug-likeness (QED) is 0.714. The summed E-state index contributed by atoms with van der Waals surface area (Å²) in [5.41, 5.74) is 3.44. The third-order valence-corrected chi connectivity index (χ3v) is 5.85. The highest BCUT2D eigenvalue weighted by molar-refractivity contribution is 5.46. The number of rotatable bonds is 5. The van der Waals surface area contributed by atoms with Crippen LogP contribution >= 0.6 is 0 Å². The number of ether oxygens (including phenoxy) is 2. The average Bonchev–Trinajstić information content (AvgIpc) is 2.86. The fourth-order valence-corrected chi connectivity index (χ4v) is 4.02. The minimum absolute atomic E-state index is 0.104. The zero-order valence-electron chi connectivity index (χ0n) is 16.7. The predicted molar refractivity (Wildman–Crippen MR) is 107 cm³/mol. The molecule has 0 aromatic carbocycles. The van der Waals surface area contributed by atoms with Crippen molar-refractivity contribution in [3.05, 3.63) is 36.2 Å². The van der Waals surface area contributed by atoms with Gasteiger partial charge in [0.25, 0.3) is 0 Å². The van der Waals surface area contributed by atoms with E-state index in [0.717, 1.165) is 64.1 Å². The molecule has 0 bridgehead atoms. The Balaban J connectivity index is 1.72. The molecule has 2 fully saturated rings. The highest BCUT2D eigenvalue weighted by Gasteiger charge is 2.38. The second kappa shape index (κ2) is 8.53. The molecule has 144 valence electrons. The van der Waals surface area contributed by atoms with Crippen LogP contribution in [0.4, 0.5) is 5.69 Å². The molecule has 3 rings (SSSR count). The van der Waals surface area contributed by atoms with Crippen molar-refractivity contribution in [3.8, 4) is 0 Å². The fraction of sp³-hybridized carbons (Fsp3) is 0.682. The van der Waals surface area contributed by atoms with Crippen LogP contribution < -0.4 is 4.90 Å². The largest absolute Gasteiger partial charge is 0.381 e. The summed E-state index contributed by atoms with van der Waals surface area (Å²) in [6.45, 7) is 14.4. The number of hydrogen-bond donors (Lipinski definition) is 0. The number of piperidine rings is 1. The second-order valence-corrected chi connectivity index (χ2v) is 8.07. The first kappa shape index (κ1) is 19.4. The number of anilines is 1. The van der Waals surface area contributed by atoms with Crippen molar-refractivity contribution in [2.45, 2.75) is 70.5 Å². The molecule has 0 saturated carbocycles. The Hall–Kier alpha value is -1.39. The summed E-state index contributed by atoms with van der Waals surface area (Å²) in [6, 6.07) is 4.38. The van der Waals surface area contributed by atoms with Crippen molar-refractivity contribution in [1.82, 2.24) is 4.98 Å². The molecule has 0 radical (unpaired) electrons. The van der Waals surface area contributed by atoms with Crippen LogP contribution in [0.15, 0.2) is 30.5 Å². The van der Waals surface area contributed by atoms with Crippen LogP contribution in [-0.4, -0.2) is 43.0 Å². The van der Waals surface area contributed by atoms with Crippen LogP contribution in [0.25, 0.3) is 0 Å². The monoisotopic (exact) mass is 358 g/mol. The van der Waals surface area contributed by atoms with Crippen LogP contribution in [0, 0.1) is 0 Å². The van der Waals surface area contributed by atoms with E-state index in [-0.39, 0.29) is 11.7 Å². The third-order valence-electron chi connectivity index (χ3n) is 5.85. The molecule has 3 heterocycles. The molecule has 0 spiro atoms. The second-order valence-electron chi connectivity index (χ2n) is 8.07. The molecule has 0 N–H and O–H groups in total. The lowest BCUT2D eigenvalue weighted by Crippen LogP contribution is -2.51. The maximum atomic E-state index is 6.73. The van der Waals surface area contributed by atoms with Crippen LogP contribution in [0.5, 0.6) is 0 Å². The van der Waals surface area contributed by atoms with Crippen molar-refractivity contribution >= 4 is 5.69 Å². The summed E-state index contributed by atoms with van der Waals surface area (Å²) in [7, 11) is 0. The first-order valence-corrected chi connectivity index (χ1v) is 10.2. The Morgan fingerprint density at radius 1 is 1.38 bits per heavy atom. The summed E-state index contributed by atoms with van der Waals surface area (Å²) < 4.78 is 12.3. The van der Waals surface area contributed by atoms with Crippen LogP contribution in [-0.2, 0) is 9.47 Å². The van der Waals surface area contributed by atoms with Gasteiger partial charge >= 0.3 is 0 Å². The van der Waals surface area contributed by atoms with Crippen LogP contribution in [0.2, 0.25) is 0 Å². The van der Waals surface area contributed by atoms with Crippen molar-refractivity contribution in [1.29, 1.82) is 0 Å². The van der Waals surface area contributed by atoms with Crippen molar-refractivity contribution in [3.63, 3.8) is 0 Å². The van der Waals surface area contributed by atoms with Gasteiger partial charge in [-0.3, -0.25) is 4.98 Å². The average molecular weight is 359 g/mol. The molecule has 2 saturated heterocycles. The molecule has 2 atom stereocenters. The maximum absolute atomic E-state index is 6.73. The van der Waals surface area contributed by atoms with Crippen molar-refractivity contribution in [2.24, 2.45) is 0 Å². The molecule has 1 aromatic heterocycles. The van der Waals surface area contributed by atoms with Gasteiger partial charge in [-0.2, -0.15) is 0 Å². The summed E-state index contributed by atoms with van der Waals surface area (Å²) in [4.78, 5) is 7.10. The minimum Gasteiger partial charge on any atom is -0.381 e. The summed E-state index contributed by atoms with van der Waals surface area (Å²) in [5, 5.41) is 0. The number of hydrogen-bond acceptors (Lipinski definition) is 4. The van der Waals surface area contributed by atoms with Gasteiger partial charge in [-0.1, -0.05) is 27.4 Å². The van der Waals surface area contributed by atoms with Gasteiger partial charge in [0.05, 0.1) is 30.2 Å². The highest BCUT2D eigenvalue weighted by Crippen LogP contribution is 2.35. The molecule has 4 heteroatoms. The lowest BCUT2D eigenvalue weighted by Gasteiger charge is -2.45. The van der Waals surface area contributed by atoms with E-state index in [4.69, 9.17) is 9.47 Å².